The van der Waals surface area contributed by atoms with Crippen LogP contribution in [0.2, 0.25) is 0 Å². The van der Waals surface area contributed by atoms with E-state index in [1.54, 1.807) is 29.2 Å². The van der Waals surface area contributed by atoms with E-state index in [0.717, 1.165) is 34.9 Å². The van der Waals surface area contributed by atoms with Gasteiger partial charge >= 0.3 is 0 Å². The Morgan fingerprint density at radius 3 is 2.79 bits per heavy atom. The third-order valence-electron chi connectivity index (χ3n) is 6.47. The van der Waals surface area contributed by atoms with Crippen LogP contribution in [0.5, 0.6) is 0 Å². The van der Waals surface area contributed by atoms with Crippen LogP contribution in [0, 0.1) is 28.1 Å². The van der Waals surface area contributed by atoms with E-state index in [9.17, 15) is 10.1 Å². The van der Waals surface area contributed by atoms with Crippen molar-refractivity contribution in [2.24, 2.45) is 5.41 Å². The molecule has 3 heterocycles. The van der Waals surface area contributed by atoms with Crippen LogP contribution in [-0.4, -0.2) is 27.3 Å². The molecule has 2 aromatic heterocycles. The van der Waals surface area contributed by atoms with Gasteiger partial charge < -0.3 is 15.4 Å². The third kappa shape index (κ3) is 3.75. The number of anilines is 1. The summed E-state index contributed by atoms with van der Waals surface area (Å²) in [4.78, 5) is 24.1. The Hall–Kier alpha value is -4.01. The van der Waals surface area contributed by atoms with E-state index in [0.29, 0.717) is 35.8 Å². The number of ether oxygens (including phenoxy) is 1. The maximum atomic E-state index is 13.6. The number of nitrogen functional groups attached to an aromatic ring is 1. The first-order valence-corrected chi connectivity index (χ1v) is 10.8. The van der Waals surface area contributed by atoms with Crippen molar-refractivity contribution in [1.29, 1.82) is 10.5 Å². The molecule has 2 aliphatic rings. The van der Waals surface area contributed by atoms with Crippen molar-refractivity contribution >= 4 is 22.6 Å². The van der Waals surface area contributed by atoms with E-state index in [1.165, 1.54) is 6.20 Å². The normalized spacial score (nSPS) is 17.7. The molecule has 5 rings (SSSR count). The molecule has 1 aliphatic carbocycles. The number of nitrogens with two attached hydrogens (primary N) is 1. The number of rotatable bonds is 5. The van der Waals surface area contributed by atoms with Gasteiger partial charge in [0.05, 0.1) is 47.5 Å². The number of nitriles is 2. The first-order valence-electron chi connectivity index (χ1n) is 10.8. The number of carbonyl (C=O) groups excluding carboxylic acids is 1. The third-order valence-corrected chi connectivity index (χ3v) is 6.47. The van der Waals surface area contributed by atoms with E-state index in [1.807, 2.05) is 19.1 Å². The summed E-state index contributed by atoms with van der Waals surface area (Å²) in [5.74, 6) is 0.280. The van der Waals surface area contributed by atoms with Crippen molar-refractivity contribution in [2.75, 3.05) is 12.3 Å². The number of hydrogen-bond donors (Lipinski definition) is 1. The van der Waals surface area contributed by atoms with Gasteiger partial charge in [-0.05, 0) is 55.7 Å². The molecule has 0 spiro atoms. The first-order chi connectivity index (χ1) is 15.9. The van der Waals surface area contributed by atoms with Crippen molar-refractivity contribution < 1.29 is 9.53 Å². The van der Waals surface area contributed by atoms with Gasteiger partial charge in [-0.25, -0.2) is 4.98 Å². The molecule has 33 heavy (non-hydrogen) atoms. The number of benzene rings is 1. The van der Waals surface area contributed by atoms with Crippen molar-refractivity contribution in [1.82, 2.24) is 14.9 Å². The summed E-state index contributed by atoms with van der Waals surface area (Å²) in [6.45, 7) is 2.95. The Morgan fingerprint density at radius 1 is 1.30 bits per heavy atom. The highest BCUT2D eigenvalue weighted by molar-refractivity contribution is 5.99. The van der Waals surface area contributed by atoms with E-state index >= 15 is 0 Å². The van der Waals surface area contributed by atoms with Crippen molar-refractivity contribution in [3.8, 4) is 12.1 Å². The van der Waals surface area contributed by atoms with Gasteiger partial charge in [0, 0.05) is 29.3 Å². The van der Waals surface area contributed by atoms with E-state index in [4.69, 9.17) is 15.7 Å². The monoisotopic (exact) mass is 438 g/mol. The SMILES string of the molecule is CC1OCc2c1c(N)nc1ccc(C(=O)N(Cc3ccc(C#N)cn3)CC3(C#N)CC3)cc21. The highest BCUT2D eigenvalue weighted by atomic mass is 16.5. The molecule has 1 saturated carbocycles. The van der Waals surface area contributed by atoms with Crippen LogP contribution in [0.15, 0.2) is 36.5 Å². The zero-order chi connectivity index (χ0) is 23.2. The maximum absolute atomic E-state index is 13.6. The molecule has 8 nitrogen and oxygen atoms in total. The quantitative estimate of drug-likeness (QED) is 0.644. The maximum Gasteiger partial charge on any atom is 0.254 e. The fourth-order valence-corrected chi connectivity index (χ4v) is 4.38. The standard InChI is InChI=1S/C25H22N6O2/c1-15-22-20(12-33-15)19-8-17(3-5-21(19)30-23(22)28)24(32)31(14-25(13-27)6-7-25)11-18-4-2-16(9-26)10-29-18/h2-5,8,10,15H,6-7,11-12,14H2,1H3,(H2,28,30). The van der Waals surface area contributed by atoms with Gasteiger partial charge in [0.1, 0.15) is 11.9 Å². The van der Waals surface area contributed by atoms with Crippen molar-refractivity contribution in [3.63, 3.8) is 0 Å². The number of hydrogen-bond acceptors (Lipinski definition) is 7. The number of nitrogens with zero attached hydrogens (tertiary/aromatic N) is 5. The number of aromatic nitrogens is 2. The van der Waals surface area contributed by atoms with Gasteiger partial charge in [0.15, 0.2) is 0 Å². The molecule has 8 heteroatoms. The molecule has 164 valence electrons. The zero-order valence-electron chi connectivity index (χ0n) is 18.2. The molecule has 0 bridgehead atoms. The summed E-state index contributed by atoms with van der Waals surface area (Å²) in [5.41, 5.74) is 9.85. The Morgan fingerprint density at radius 2 is 2.12 bits per heavy atom. The van der Waals surface area contributed by atoms with Crippen LogP contribution < -0.4 is 5.73 Å². The minimum absolute atomic E-state index is 0.138. The number of pyridine rings is 2. The highest BCUT2D eigenvalue weighted by Crippen LogP contribution is 2.46. The largest absolute Gasteiger partial charge is 0.383 e. The molecule has 1 fully saturated rings. The second-order valence-corrected chi connectivity index (χ2v) is 8.78. The van der Waals surface area contributed by atoms with Crippen LogP contribution in [-0.2, 0) is 17.9 Å². The van der Waals surface area contributed by atoms with Crippen LogP contribution in [0.1, 0.15) is 58.6 Å². The van der Waals surface area contributed by atoms with Gasteiger partial charge in [-0.15, -0.1) is 0 Å². The molecule has 0 radical (unpaired) electrons. The molecule has 1 amide bonds. The van der Waals surface area contributed by atoms with Gasteiger partial charge in [0.2, 0.25) is 0 Å². The van der Waals surface area contributed by atoms with Gasteiger partial charge in [-0.2, -0.15) is 10.5 Å². The second kappa shape index (κ2) is 7.84. The smallest absolute Gasteiger partial charge is 0.254 e. The van der Waals surface area contributed by atoms with E-state index in [-0.39, 0.29) is 18.6 Å². The molecule has 1 aromatic carbocycles. The predicted molar refractivity (Wildman–Crippen MR) is 120 cm³/mol. The van der Waals surface area contributed by atoms with Crippen molar-refractivity contribution in [3.05, 3.63) is 64.5 Å². The molecule has 2 N–H and O–H groups in total. The van der Waals surface area contributed by atoms with Crippen LogP contribution >= 0.6 is 0 Å². The average molecular weight is 438 g/mol. The van der Waals surface area contributed by atoms with Crippen LogP contribution in [0.4, 0.5) is 5.82 Å². The lowest BCUT2D eigenvalue weighted by Crippen LogP contribution is -2.35. The summed E-state index contributed by atoms with van der Waals surface area (Å²) >= 11 is 0. The fourth-order valence-electron chi connectivity index (χ4n) is 4.38. The molecule has 3 aromatic rings. The molecule has 1 atom stereocenters. The summed E-state index contributed by atoms with van der Waals surface area (Å²) < 4.78 is 5.76. The van der Waals surface area contributed by atoms with E-state index < -0.39 is 5.41 Å². The van der Waals surface area contributed by atoms with Crippen LogP contribution in [0.25, 0.3) is 10.9 Å². The van der Waals surface area contributed by atoms with Crippen molar-refractivity contribution in [2.45, 2.75) is 39.0 Å². The van der Waals surface area contributed by atoms with Gasteiger partial charge in [-0.3, -0.25) is 9.78 Å². The van der Waals surface area contributed by atoms with Gasteiger partial charge in [0.25, 0.3) is 5.91 Å². The topological polar surface area (TPSA) is 129 Å². The second-order valence-electron chi connectivity index (χ2n) is 8.78. The summed E-state index contributed by atoms with van der Waals surface area (Å²) in [7, 11) is 0. The molecular weight excluding hydrogens is 416 g/mol. The Labute approximate surface area is 191 Å². The Bertz CT molecular complexity index is 1350. The predicted octanol–water partition coefficient (Wildman–Crippen LogP) is 3.62. The average Bonchev–Trinajstić information content (AvgIpc) is 3.50. The summed E-state index contributed by atoms with van der Waals surface area (Å²) in [6.07, 6.45) is 2.90. The lowest BCUT2D eigenvalue weighted by Gasteiger charge is -2.25. The minimum atomic E-state index is -0.500. The highest BCUT2D eigenvalue weighted by Gasteiger charge is 2.45. The van der Waals surface area contributed by atoms with Gasteiger partial charge in [-0.1, -0.05) is 0 Å². The lowest BCUT2D eigenvalue weighted by atomic mass is 9.99. The Kier molecular flexibility index (Phi) is 4.96. The number of fused-ring (bicyclic) bond motifs is 3. The minimum Gasteiger partial charge on any atom is -0.383 e. The fraction of sp³-hybridized carbons (Fsp3) is 0.320. The molecule has 1 unspecified atom stereocenters. The molecular formula is C25H22N6O2. The summed E-state index contributed by atoms with van der Waals surface area (Å²) in [6, 6.07) is 13.2. The van der Waals surface area contributed by atoms with E-state index in [2.05, 4.69) is 16.0 Å². The van der Waals surface area contributed by atoms with Crippen LogP contribution in [0.3, 0.4) is 0 Å². The molecule has 1 aliphatic heterocycles. The summed E-state index contributed by atoms with van der Waals surface area (Å²) in [5, 5.41) is 19.5. The number of amides is 1. The Balaban J connectivity index is 1.51. The zero-order valence-corrected chi connectivity index (χ0v) is 18.2. The first kappa shape index (κ1) is 20.9. The number of carbonyl (C=O) groups is 1. The lowest BCUT2D eigenvalue weighted by molar-refractivity contribution is 0.0718. The molecule has 0 saturated heterocycles.